The van der Waals surface area contributed by atoms with Crippen molar-refractivity contribution in [2.75, 3.05) is 17.2 Å². The van der Waals surface area contributed by atoms with Crippen LogP contribution in [0.2, 0.25) is 0 Å². The van der Waals surface area contributed by atoms with Gasteiger partial charge in [-0.05, 0) is 37.6 Å². The molecule has 1 aromatic heterocycles. The first-order valence-electron chi connectivity index (χ1n) is 6.23. The van der Waals surface area contributed by atoms with Crippen LogP contribution in [-0.2, 0) is 0 Å². The summed E-state index contributed by atoms with van der Waals surface area (Å²) in [6.07, 6.45) is 2.90. The van der Waals surface area contributed by atoms with Crippen molar-refractivity contribution >= 4 is 17.4 Å². The first-order chi connectivity index (χ1) is 9.58. The highest BCUT2D eigenvalue weighted by molar-refractivity contribution is 6.02. The zero-order chi connectivity index (χ0) is 14.5. The van der Waals surface area contributed by atoms with Crippen LogP contribution >= 0.6 is 0 Å². The van der Waals surface area contributed by atoms with Gasteiger partial charge in [-0.25, -0.2) is 9.37 Å². The number of nitrogens with one attached hydrogen (secondary N) is 2. The molecular formula is C14H15FN4O. The van der Waals surface area contributed by atoms with E-state index in [4.69, 9.17) is 0 Å². The molecular weight excluding hydrogens is 259 g/mol. The summed E-state index contributed by atoms with van der Waals surface area (Å²) in [5.41, 5.74) is 1.29. The van der Waals surface area contributed by atoms with Crippen molar-refractivity contribution < 1.29 is 9.18 Å². The molecule has 0 saturated carbocycles. The van der Waals surface area contributed by atoms with E-state index in [2.05, 4.69) is 20.6 Å². The maximum atomic E-state index is 13.3. The fourth-order valence-electron chi connectivity index (χ4n) is 1.75. The summed E-state index contributed by atoms with van der Waals surface area (Å²) in [6, 6.07) is 4.33. The van der Waals surface area contributed by atoms with Gasteiger partial charge in [0.15, 0.2) is 0 Å². The van der Waals surface area contributed by atoms with Crippen LogP contribution in [0.5, 0.6) is 0 Å². The minimum absolute atomic E-state index is 0.172. The van der Waals surface area contributed by atoms with Crippen molar-refractivity contribution in [1.82, 2.24) is 9.97 Å². The second kappa shape index (κ2) is 6.10. The highest BCUT2D eigenvalue weighted by atomic mass is 19.1. The van der Waals surface area contributed by atoms with E-state index in [0.717, 1.165) is 5.56 Å². The van der Waals surface area contributed by atoms with E-state index >= 15 is 0 Å². The number of hydrogen-bond donors (Lipinski definition) is 2. The summed E-state index contributed by atoms with van der Waals surface area (Å²) in [6.45, 7) is 4.36. The number of anilines is 2. The number of hydrogen-bond acceptors (Lipinski definition) is 4. The Morgan fingerprint density at radius 2 is 2.10 bits per heavy atom. The first-order valence-corrected chi connectivity index (χ1v) is 6.23. The summed E-state index contributed by atoms with van der Waals surface area (Å²) in [7, 11) is 0. The molecule has 104 valence electrons. The van der Waals surface area contributed by atoms with Gasteiger partial charge < -0.3 is 10.6 Å². The number of benzene rings is 1. The molecule has 0 spiro atoms. The lowest BCUT2D eigenvalue weighted by molar-refractivity contribution is 0.102. The third-order valence-corrected chi connectivity index (χ3v) is 2.53. The number of carbonyl (C=O) groups is 1. The Kier molecular flexibility index (Phi) is 4.24. The van der Waals surface area contributed by atoms with Gasteiger partial charge in [0.05, 0.1) is 12.4 Å². The van der Waals surface area contributed by atoms with Gasteiger partial charge in [-0.15, -0.1) is 0 Å². The van der Waals surface area contributed by atoms with Crippen LogP contribution in [0, 0.1) is 12.7 Å². The fourth-order valence-corrected chi connectivity index (χ4v) is 1.75. The van der Waals surface area contributed by atoms with Crippen LogP contribution < -0.4 is 10.6 Å². The largest absolute Gasteiger partial charge is 0.369 e. The molecule has 0 unspecified atom stereocenters. The normalized spacial score (nSPS) is 10.2. The van der Waals surface area contributed by atoms with E-state index < -0.39 is 11.7 Å². The average molecular weight is 274 g/mol. The van der Waals surface area contributed by atoms with Crippen LogP contribution in [0.1, 0.15) is 23.0 Å². The monoisotopic (exact) mass is 274 g/mol. The summed E-state index contributed by atoms with van der Waals surface area (Å²) in [4.78, 5) is 20.1. The molecule has 1 aromatic carbocycles. The topological polar surface area (TPSA) is 66.9 Å². The molecule has 1 amide bonds. The van der Waals surface area contributed by atoms with E-state index in [1.54, 1.807) is 13.0 Å². The summed E-state index contributed by atoms with van der Waals surface area (Å²) in [5, 5.41) is 5.57. The lowest BCUT2D eigenvalue weighted by atomic mass is 10.2. The number of aromatic nitrogens is 2. The third kappa shape index (κ3) is 3.50. The van der Waals surface area contributed by atoms with Gasteiger partial charge in [0.2, 0.25) is 0 Å². The van der Waals surface area contributed by atoms with Gasteiger partial charge in [0.25, 0.3) is 5.91 Å². The first kappa shape index (κ1) is 13.9. The van der Waals surface area contributed by atoms with Crippen LogP contribution in [0.15, 0.2) is 30.6 Å². The lowest BCUT2D eigenvalue weighted by Gasteiger charge is -2.07. The molecule has 0 fully saturated rings. The van der Waals surface area contributed by atoms with Crippen LogP contribution in [0.25, 0.3) is 0 Å². The van der Waals surface area contributed by atoms with Gasteiger partial charge in [0, 0.05) is 12.2 Å². The second-order valence-corrected chi connectivity index (χ2v) is 4.29. The van der Waals surface area contributed by atoms with E-state index in [9.17, 15) is 9.18 Å². The standard InChI is InChI=1S/C14H15FN4O/c1-3-17-13-8-16-7-12(19-13)14(20)18-11-5-9(2)4-10(15)6-11/h4-8H,3H2,1-2H3,(H,17,19)(H,18,20). The number of nitrogens with zero attached hydrogens (tertiary/aromatic N) is 2. The molecule has 1 heterocycles. The zero-order valence-electron chi connectivity index (χ0n) is 11.3. The predicted octanol–water partition coefficient (Wildman–Crippen LogP) is 2.61. The molecule has 2 aromatic rings. The molecule has 0 radical (unpaired) electrons. The molecule has 20 heavy (non-hydrogen) atoms. The smallest absolute Gasteiger partial charge is 0.275 e. The van der Waals surface area contributed by atoms with E-state index in [-0.39, 0.29) is 5.69 Å². The van der Waals surface area contributed by atoms with Crippen molar-refractivity contribution in [3.63, 3.8) is 0 Å². The van der Waals surface area contributed by atoms with Gasteiger partial charge in [0.1, 0.15) is 17.3 Å². The molecule has 2 rings (SSSR count). The Balaban J connectivity index is 2.17. The highest BCUT2D eigenvalue weighted by Gasteiger charge is 2.10. The Hall–Kier alpha value is -2.50. The van der Waals surface area contributed by atoms with E-state index in [1.165, 1.54) is 24.5 Å². The van der Waals surface area contributed by atoms with Crippen molar-refractivity contribution in [3.8, 4) is 0 Å². The van der Waals surface area contributed by atoms with E-state index in [0.29, 0.717) is 18.1 Å². The molecule has 0 bridgehead atoms. The van der Waals surface area contributed by atoms with Crippen molar-refractivity contribution in [3.05, 3.63) is 47.7 Å². The van der Waals surface area contributed by atoms with Gasteiger partial charge in [-0.2, -0.15) is 0 Å². The highest BCUT2D eigenvalue weighted by Crippen LogP contribution is 2.14. The number of rotatable bonds is 4. The summed E-state index contributed by atoms with van der Waals surface area (Å²) in [5.74, 6) is -0.300. The molecule has 0 saturated heterocycles. The van der Waals surface area contributed by atoms with Crippen molar-refractivity contribution in [2.45, 2.75) is 13.8 Å². The second-order valence-electron chi connectivity index (χ2n) is 4.29. The number of halogens is 1. The van der Waals surface area contributed by atoms with Gasteiger partial charge in [-0.3, -0.25) is 9.78 Å². The van der Waals surface area contributed by atoms with Crippen molar-refractivity contribution in [1.29, 1.82) is 0 Å². The van der Waals surface area contributed by atoms with E-state index in [1.807, 2.05) is 6.92 Å². The maximum absolute atomic E-state index is 13.3. The lowest BCUT2D eigenvalue weighted by Crippen LogP contribution is -2.15. The Morgan fingerprint density at radius 3 is 2.80 bits per heavy atom. The third-order valence-electron chi connectivity index (χ3n) is 2.53. The summed E-state index contributed by atoms with van der Waals surface area (Å²) >= 11 is 0. The van der Waals surface area contributed by atoms with Crippen LogP contribution in [-0.4, -0.2) is 22.4 Å². The Morgan fingerprint density at radius 1 is 1.30 bits per heavy atom. The predicted molar refractivity (Wildman–Crippen MR) is 75.3 cm³/mol. The fraction of sp³-hybridized carbons (Fsp3) is 0.214. The molecule has 5 nitrogen and oxygen atoms in total. The van der Waals surface area contributed by atoms with Gasteiger partial charge in [-0.1, -0.05) is 0 Å². The molecule has 0 aliphatic rings. The minimum atomic E-state index is -0.428. The van der Waals surface area contributed by atoms with Crippen LogP contribution in [0.4, 0.5) is 15.9 Å². The number of aryl methyl sites for hydroxylation is 1. The average Bonchev–Trinajstić information content (AvgIpc) is 2.38. The van der Waals surface area contributed by atoms with Crippen LogP contribution in [0.3, 0.4) is 0 Å². The zero-order valence-corrected chi connectivity index (χ0v) is 11.3. The number of amides is 1. The summed E-state index contributed by atoms with van der Waals surface area (Å²) < 4.78 is 13.3. The molecule has 6 heteroatoms. The molecule has 0 aliphatic carbocycles. The quantitative estimate of drug-likeness (QED) is 0.899. The molecule has 2 N–H and O–H groups in total. The molecule has 0 aliphatic heterocycles. The minimum Gasteiger partial charge on any atom is -0.369 e. The molecule has 0 atom stereocenters. The van der Waals surface area contributed by atoms with Gasteiger partial charge >= 0.3 is 0 Å². The maximum Gasteiger partial charge on any atom is 0.275 e. The Labute approximate surface area is 116 Å². The SMILES string of the molecule is CCNc1cncc(C(=O)Nc2cc(C)cc(F)c2)n1. The van der Waals surface area contributed by atoms with Crippen molar-refractivity contribution in [2.24, 2.45) is 0 Å². The number of carbonyl (C=O) groups excluding carboxylic acids is 1. The Bertz CT molecular complexity index is 610.